The van der Waals surface area contributed by atoms with Crippen molar-refractivity contribution in [3.8, 4) is 0 Å². The van der Waals surface area contributed by atoms with E-state index in [9.17, 15) is 0 Å². The minimum absolute atomic E-state index is 0. The maximum Gasteiger partial charge on any atom is 0.668 e. The van der Waals surface area contributed by atoms with Gasteiger partial charge in [-0.25, -0.2) is 0 Å². The van der Waals surface area contributed by atoms with Crippen LogP contribution in [-0.4, -0.2) is 33.7 Å². The molecule has 5 nitrogen and oxygen atoms in total. The largest absolute Gasteiger partial charge is 0.668 e. The van der Waals surface area contributed by atoms with E-state index in [4.69, 9.17) is 19.2 Å². The minimum Gasteiger partial charge on any atom is -0.412 e. The molecule has 0 atom stereocenters. The topological polar surface area (TPSA) is 112 Å². The summed E-state index contributed by atoms with van der Waals surface area (Å²) < 4.78 is 0. The molecule has 0 aliphatic carbocycles. The standard InChI is InChI=1S/Cr.H4O4Si.H2O/c;1-5(2,3)4;/h;1-4H;1H2. The zero-order valence-electron chi connectivity index (χ0n) is 3.20. The molecule has 0 unspecified atom stereocenters. The molecule has 0 heterocycles. The van der Waals surface area contributed by atoms with E-state index >= 15 is 0 Å². The Kier molecular flexibility index (Phi) is 10.5. The molecule has 0 saturated heterocycles. The fourth-order valence-corrected chi connectivity index (χ4v) is 0. The second-order valence-corrected chi connectivity index (χ2v) is 1.80. The third kappa shape index (κ3) is 449. The Bertz CT molecular complexity index is 23.6. The van der Waals surface area contributed by atoms with Crippen LogP contribution in [0.1, 0.15) is 0 Å². The summed E-state index contributed by atoms with van der Waals surface area (Å²) in [6.07, 6.45) is 0. The third-order valence-electron chi connectivity index (χ3n) is 0. The fourth-order valence-electron chi connectivity index (χ4n) is 0. The fraction of sp³-hybridized carbons (Fsp3) is 0. The molecule has 0 amide bonds. The van der Waals surface area contributed by atoms with Crippen molar-refractivity contribution < 1.29 is 42.0 Å². The normalized spacial score (nSPS) is 8.57. The summed E-state index contributed by atoms with van der Waals surface area (Å²) in [5.74, 6) is 0. The van der Waals surface area contributed by atoms with E-state index in [1.807, 2.05) is 0 Å². The maximum absolute atomic E-state index is 7.33. The van der Waals surface area contributed by atoms with Gasteiger partial charge in [-0.15, -0.1) is 0 Å². The van der Waals surface area contributed by atoms with Gasteiger partial charge in [0, 0.05) is 17.4 Å². The molecular formula is H6CrO5Si. The third-order valence-corrected chi connectivity index (χ3v) is 0. The van der Waals surface area contributed by atoms with E-state index < -0.39 is 9.05 Å². The molecule has 7 heavy (non-hydrogen) atoms. The average Bonchev–Trinajstić information content (AvgIpc) is 0.722. The van der Waals surface area contributed by atoms with Crippen molar-refractivity contribution in [2.75, 3.05) is 0 Å². The van der Waals surface area contributed by atoms with E-state index in [2.05, 4.69) is 0 Å². The van der Waals surface area contributed by atoms with Crippen LogP contribution in [0.15, 0.2) is 0 Å². The van der Waals surface area contributed by atoms with Crippen molar-refractivity contribution in [2.45, 2.75) is 0 Å². The molecule has 46 valence electrons. The molecule has 0 fully saturated rings. The van der Waals surface area contributed by atoms with Crippen molar-refractivity contribution >= 4 is 9.05 Å². The zero-order valence-corrected chi connectivity index (χ0v) is 5.47. The minimum atomic E-state index is -4.61. The van der Waals surface area contributed by atoms with Crippen LogP contribution >= 0.6 is 0 Å². The predicted molar refractivity (Wildman–Crippen MR) is 18.2 cm³/mol. The SMILES string of the molecule is O.O[Si](O)(O)O.[Cr]. The van der Waals surface area contributed by atoms with E-state index in [0.29, 0.717) is 0 Å². The van der Waals surface area contributed by atoms with Crippen molar-refractivity contribution in [3.63, 3.8) is 0 Å². The van der Waals surface area contributed by atoms with E-state index in [1.54, 1.807) is 0 Å². The predicted octanol–water partition coefficient (Wildman–Crippen LogP) is -3.44. The van der Waals surface area contributed by atoms with E-state index in [0.717, 1.165) is 0 Å². The molecule has 7 heteroatoms. The van der Waals surface area contributed by atoms with Crippen LogP contribution in [0.5, 0.6) is 0 Å². The van der Waals surface area contributed by atoms with E-state index in [-0.39, 0.29) is 22.8 Å². The molecule has 0 aromatic carbocycles. The van der Waals surface area contributed by atoms with Crippen molar-refractivity contribution in [2.24, 2.45) is 0 Å². The molecule has 0 radical (unpaired) electrons. The van der Waals surface area contributed by atoms with Crippen LogP contribution in [0, 0.1) is 0 Å². The van der Waals surface area contributed by atoms with Gasteiger partial charge in [-0.2, -0.15) is 0 Å². The molecule has 0 bridgehead atoms. The van der Waals surface area contributed by atoms with Gasteiger partial charge in [0.15, 0.2) is 0 Å². The monoisotopic (exact) mass is 166 g/mol. The zero-order chi connectivity index (χ0) is 4.50. The van der Waals surface area contributed by atoms with Crippen molar-refractivity contribution in [3.05, 3.63) is 0 Å². The molecule has 6 N–H and O–H groups in total. The first-order chi connectivity index (χ1) is 2.00. The number of hydrogen-bond donors (Lipinski definition) is 4. The average molecular weight is 166 g/mol. The van der Waals surface area contributed by atoms with Crippen molar-refractivity contribution in [1.29, 1.82) is 0 Å². The van der Waals surface area contributed by atoms with Gasteiger partial charge in [0.25, 0.3) is 0 Å². The second-order valence-electron chi connectivity index (χ2n) is 0.600. The molecule has 0 rings (SSSR count). The first kappa shape index (κ1) is 15.6. The van der Waals surface area contributed by atoms with Crippen molar-refractivity contribution in [1.82, 2.24) is 0 Å². The van der Waals surface area contributed by atoms with Crippen LogP contribution in [0.25, 0.3) is 0 Å². The van der Waals surface area contributed by atoms with Crippen LogP contribution in [-0.2, 0) is 17.4 Å². The summed E-state index contributed by atoms with van der Waals surface area (Å²) in [5.41, 5.74) is 0. The Morgan fingerprint density at radius 2 is 0.857 bits per heavy atom. The molecule has 0 aliphatic heterocycles. The Morgan fingerprint density at radius 3 is 0.857 bits per heavy atom. The Labute approximate surface area is 51.8 Å². The van der Waals surface area contributed by atoms with E-state index in [1.165, 1.54) is 0 Å². The van der Waals surface area contributed by atoms with Crippen LogP contribution in [0.4, 0.5) is 0 Å². The summed E-state index contributed by atoms with van der Waals surface area (Å²) in [6, 6.07) is 0. The molecule has 0 spiro atoms. The molecular weight excluding hydrogens is 160 g/mol. The second kappa shape index (κ2) is 4.70. The maximum atomic E-state index is 7.33. The van der Waals surface area contributed by atoms with Gasteiger partial charge in [-0.1, -0.05) is 0 Å². The Hall–Kier alpha value is 0.549. The van der Waals surface area contributed by atoms with Gasteiger partial charge in [-0.3, -0.25) is 0 Å². The number of rotatable bonds is 0. The Morgan fingerprint density at radius 1 is 0.857 bits per heavy atom. The molecule has 0 aromatic heterocycles. The summed E-state index contributed by atoms with van der Waals surface area (Å²) in [4.78, 5) is 29.3. The first-order valence-corrected chi connectivity index (χ1v) is 2.68. The summed E-state index contributed by atoms with van der Waals surface area (Å²) in [5, 5.41) is 0. The summed E-state index contributed by atoms with van der Waals surface area (Å²) in [6.45, 7) is 0. The van der Waals surface area contributed by atoms with Crippen LogP contribution in [0.3, 0.4) is 0 Å². The molecule has 0 saturated carbocycles. The van der Waals surface area contributed by atoms with Gasteiger partial charge in [0.1, 0.15) is 0 Å². The molecule has 0 aliphatic rings. The van der Waals surface area contributed by atoms with Gasteiger partial charge in [0.2, 0.25) is 0 Å². The summed E-state index contributed by atoms with van der Waals surface area (Å²) >= 11 is 0. The van der Waals surface area contributed by atoms with Gasteiger partial charge in [-0.05, 0) is 0 Å². The van der Waals surface area contributed by atoms with Crippen LogP contribution < -0.4 is 0 Å². The Balaban J connectivity index is -0.0000000800. The quantitative estimate of drug-likeness (QED) is 0.280. The smallest absolute Gasteiger partial charge is 0.412 e. The van der Waals surface area contributed by atoms with Gasteiger partial charge >= 0.3 is 9.05 Å². The van der Waals surface area contributed by atoms with Gasteiger partial charge < -0.3 is 24.7 Å². The summed E-state index contributed by atoms with van der Waals surface area (Å²) in [7, 11) is -4.61. The number of hydrogen-bond acceptors (Lipinski definition) is 4. The first-order valence-electron chi connectivity index (χ1n) is 0.894. The van der Waals surface area contributed by atoms with Crippen LogP contribution in [0.2, 0.25) is 0 Å². The molecule has 0 aromatic rings. The van der Waals surface area contributed by atoms with Gasteiger partial charge in [0.05, 0.1) is 0 Å².